The summed E-state index contributed by atoms with van der Waals surface area (Å²) in [4.78, 5) is 24.5. The molecule has 1 aliphatic heterocycles. The van der Waals surface area contributed by atoms with Gasteiger partial charge in [0.1, 0.15) is 0 Å². The molecule has 1 fully saturated rings. The van der Waals surface area contributed by atoms with Gasteiger partial charge in [-0.3, -0.25) is 9.59 Å². The minimum absolute atomic E-state index is 0.153. The standard InChI is InChI=1S/C11H20N2O3/c1-3-4-11(10(15)16)5-6-13(7-11)9(14)8(2)12/h8H,3-7,12H2,1-2H3,(H,15,16). The van der Waals surface area contributed by atoms with E-state index in [1.54, 1.807) is 11.8 Å². The summed E-state index contributed by atoms with van der Waals surface area (Å²) >= 11 is 0. The SMILES string of the molecule is CCCC1(C(=O)O)CCN(C(=O)C(C)N)C1. The highest BCUT2D eigenvalue weighted by Crippen LogP contribution is 2.35. The van der Waals surface area contributed by atoms with E-state index in [4.69, 9.17) is 5.73 Å². The van der Waals surface area contributed by atoms with Crippen molar-refractivity contribution in [2.45, 2.75) is 39.2 Å². The number of aliphatic carboxylic acids is 1. The van der Waals surface area contributed by atoms with Gasteiger partial charge in [0.15, 0.2) is 0 Å². The van der Waals surface area contributed by atoms with Gasteiger partial charge in [0.2, 0.25) is 5.91 Å². The largest absolute Gasteiger partial charge is 0.481 e. The molecule has 0 aliphatic carbocycles. The molecule has 92 valence electrons. The summed E-state index contributed by atoms with van der Waals surface area (Å²) in [6.07, 6.45) is 1.96. The Morgan fingerprint density at radius 3 is 2.62 bits per heavy atom. The smallest absolute Gasteiger partial charge is 0.311 e. The lowest BCUT2D eigenvalue weighted by atomic mass is 9.83. The van der Waals surface area contributed by atoms with Crippen LogP contribution in [0.1, 0.15) is 33.1 Å². The van der Waals surface area contributed by atoms with Crippen molar-refractivity contribution in [2.75, 3.05) is 13.1 Å². The van der Waals surface area contributed by atoms with Gasteiger partial charge in [0, 0.05) is 13.1 Å². The fourth-order valence-corrected chi connectivity index (χ4v) is 2.31. The van der Waals surface area contributed by atoms with Gasteiger partial charge < -0.3 is 15.7 Å². The minimum atomic E-state index is -0.797. The zero-order valence-corrected chi connectivity index (χ0v) is 9.90. The number of amides is 1. The molecule has 3 N–H and O–H groups in total. The number of nitrogens with two attached hydrogens (primary N) is 1. The molecule has 5 heteroatoms. The molecule has 0 aromatic heterocycles. The van der Waals surface area contributed by atoms with Crippen molar-refractivity contribution >= 4 is 11.9 Å². The Morgan fingerprint density at radius 2 is 2.19 bits per heavy atom. The van der Waals surface area contributed by atoms with E-state index >= 15 is 0 Å². The highest BCUT2D eigenvalue weighted by Gasteiger charge is 2.45. The molecule has 1 saturated heterocycles. The second kappa shape index (κ2) is 4.82. The molecule has 1 amide bonds. The predicted octanol–water partition coefficient (Wildman–Crippen LogP) is 0.437. The van der Waals surface area contributed by atoms with Crippen molar-refractivity contribution in [1.29, 1.82) is 0 Å². The number of likely N-dealkylation sites (tertiary alicyclic amines) is 1. The van der Waals surface area contributed by atoms with Gasteiger partial charge >= 0.3 is 5.97 Å². The molecule has 1 rings (SSSR count). The molecule has 1 aliphatic rings. The number of hydrogen-bond donors (Lipinski definition) is 2. The number of hydrogen-bond acceptors (Lipinski definition) is 3. The highest BCUT2D eigenvalue weighted by molar-refractivity contribution is 5.83. The van der Waals surface area contributed by atoms with E-state index < -0.39 is 17.4 Å². The molecular weight excluding hydrogens is 208 g/mol. The number of carbonyl (C=O) groups is 2. The molecule has 0 spiro atoms. The summed E-state index contributed by atoms with van der Waals surface area (Å²) in [7, 11) is 0. The van der Waals surface area contributed by atoms with Crippen LogP contribution in [0.2, 0.25) is 0 Å². The summed E-state index contributed by atoms with van der Waals surface area (Å²) in [5.74, 6) is -0.950. The Kier molecular flexibility index (Phi) is 3.91. The molecule has 1 heterocycles. The molecule has 0 bridgehead atoms. The molecule has 16 heavy (non-hydrogen) atoms. The minimum Gasteiger partial charge on any atom is -0.481 e. The summed E-state index contributed by atoms with van der Waals surface area (Å²) in [6.45, 7) is 4.40. The van der Waals surface area contributed by atoms with Crippen molar-refractivity contribution in [3.63, 3.8) is 0 Å². The van der Waals surface area contributed by atoms with Crippen molar-refractivity contribution in [2.24, 2.45) is 11.1 Å². The fraction of sp³-hybridized carbons (Fsp3) is 0.818. The van der Waals surface area contributed by atoms with Gasteiger partial charge in [0.05, 0.1) is 11.5 Å². The van der Waals surface area contributed by atoms with Crippen molar-refractivity contribution in [3.05, 3.63) is 0 Å². The monoisotopic (exact) mass is 228 g/mol. The van der Waals surface area contributed by atoms with E-state index in [2.05, 4.69) is 0 Å². The second-order valence-electron chi connectivity index (χ2n) is 4.63. The van der Waals surface area contributed by atoms with Crippen LogP contribution >= 0.6 is 0 Å². The first-order chi connectivity index (χ1) is 7.43. The molecule has 2 unspecified atom stereocenters. The van der Waals surface area contributed by atoms with Crippen LogP contribution in [0.5, 0.6) is 0 Å². The number of carboxylic acids is 1. The van der Waals surface area contributed by atoms with Gasteiger partial charge in [0.25, 0.3) is 0 Å². The van der Waals surface area contributed by atoms with E-state index in [0.717, 1.165) is 6.42 Å². The summed E-state index contributed by atoms with van der Waals surface area (Å²) in [5, 5.41) is 9.26. The van der Waals surface area contributed by atoms with Crippen LogP contribution in [0.4, 0.5) is 0 Å². The van der Waals surface area contributed by atoms with Crippen LogP contribution in [-0.2, 0) is 9.59 Å². The van der Waals surface area contributed by atoms with E-state index in [-0.39, 0.29) is 5.91 Å². The normalized spacial score (nSPS) is 26.8. The van der Waals surface area contributed by atoms with Gasteiger partial charge in [-0.05, 0) is 19.8 Å². The Hall–Kier alpha value is -1.10. The van der Waals surface area contributed by atoms with Crippen LogP contribution in [-0.4, -0.2) is 41.0 Å². The number of carboxylic acid groups (broad SMARTS) is 1. The molecule has 2 atom stereocenters. The quantitative estimate of drug-likeness (QED) is 0.731. The third-order valence-electron chi connectivity index (χ3n) is 3.24. The van der Waals surface area contributed by atoms with E-state index in [1.807, 2.05) is 6.92 Å². The maximum atomic E-state index is 11.7. The first kappa shape index (κ1) is 13.0. The van der Waals surface area contributed by atoms with Gasteiger partial charge in [-0.15, -0.1) is 0 Å². The summed E-state index contributed by atoms with van der Waals surface area (Å²) in [5.41, 5.74) is 4.77. The third-order valence-corrected chi connectivity index (χ3v) is 3.24. The summed E-state index contributed by atoms with van der Waals surface area (Å²) in [6, 6.07) is -0.550. The summed E-state index contributed by atoms with van der Waals surface area (Å²) < 4.78 is 0. The maximum absolute atomic E-state index is 11.7. The van der Waals surface area contributed by atoms with Crippen LogP contribution in [0.3, 0.4) is 0 Å². The zero-order valence-electron chi connectivity index (χ0n) is 9.90. The molecule has 0 radical (unpaired) electrons. The first-order valence-electron chi connectivity index (χ1n) is 5.71. The number of rotatable bonds is 4. The van der Waals surface area contributed by atoms with Crippen molar-refractivity contribution in [3.8, 4) is 0 Å². The van der Waals surface area contributed by atoms with Crippen molar-refractivity contribution in [1.82, 2.24) is 4.90 Å². The Bertz CT molecular complexity index is 291. The lowest BCUT2D eigenvalue weighted by Gasteiger charge is -2.24. The van der Waals surface area contributed by atoms with Crippen LogP contribution < -0.4 is 5.73 Å². The number of carbonyl (C=O) groups excluding carboxylic acids is 1. The second-order valence-corrected chi connectivity index (χ2v) is 4.63. The van der Waals surface area contributed by atoms with E-state index in [9.17, 15) is 14.7 Å². The average molecular weight is 228 g/mol. The Balaban J connectivity index is 2.74. The average Bonchev–Trinajstić information content (AvgIpc) is 2.62. The zero-order chi connectivity index (χ0) is 12.3. The van der Waals surface area contributed by atoms with Crippen LogP contribution in [0.25, 0.3) is 0 Å². The van der Waals surface area contributed by atoms with Crippen LogP contribution in [0, 0.1) is 5.41 Å². The van der Waals surface area contributed by atoms with Gasteiger partial charge in [-0.1, -0.05) is 13.3 Å². The topological polar surface area (TPSA) is 83.6 Å². The van der Waals surface area contributed by atoms with Gasteiger partial charge in [-0.2, -0.15) is 0 Å². The van der Waals surface area contributed by atoms with E-state index in [1.165, 1.54) is 0 Å². The lowest BCUT2D eigenvalue weighted by Crippen LogP contribution is -2.43. The Labute approximate surface area is 95.6 Å². The molecule has 0 aromatic rings. The highest BCUT2D eigenvalue weighted by atomic mass is 16.4. The predicted molar refractivity (Wildman–Crippen MR) is 59.8 cm³/mol. The lowest BCUT2D eigenvalue weighted by molar-refractivity contribution is -0.149. The Morgan fingerprint density at radius 1 is 1.56 bits per heavy atom. The maximum Gasteiger partial charge on any atom is 0.311 e. The first-order valence-corrected chi connectivity index (χ1v) is 5.71. The molecule has 0 saturated carbocycles. The fourth-order valence-electron chi connectivity index (χ4n) is 2.31. The van der Waals surface area contributed by atoms with Crippen LogP contribution in [0.15, 0.2) is 0 Å². The molecule has 5 nitrogen and oxygen atoms in total. The van der Waals surface area contributed by atoms with E-state index in [0.29, 0.717) is 25.9 Å². The van der Waals surface area contributed by atoms with Gasteiger partial charge in [-0.25, -0.2) is 0 Å². The molecule has 0 aromatic carbocycles. The number of nitrogens with zero attached hydrogens (tertiary/aromatic N) is 1. The third kappa shape index (κ3) is 2.35. The van der Waals surface area contributed by atoms with Crippen molar-refractivity contribution < 1.29 is 14.7 Å². The molecular formula is C11H20N2O3.